The van der Waals surface area contributed by atoms with Gasteiger partial charge in [-0.15, -0.1) is 0 Å². The number of nitriles is 1. The summed E-state index contributed by atoms with van der Waals surface area (Å²) in [5.74, 6) is 5.69. The van der Waals surface area contributed by atoms with E-state index in [1.807, 2.05) is 10.9 Å². The summed E-state index contributed by atoms with van der Waals surface area (Å²) in [5.41, 5.74) is 0.707. The molecule has 0 aliphatic heterocycles. The third-order valence-corrected chi connectivity index (χ3v) is 10.5. The minimum Gasteiger partial charge on any atom is -0.390 e. The number of aliphatic hydroxyl groups is 1. The first-order valence-corrected chi connectivity index (χ1v) is 13.0. The molecule has 1 unspecified atom stereocenters. The second kappa shape index (κ2) is 7.91. The second-order valence-corrected chi connectivity index (χ2v) is 12.3. The highest BCUT2D eigenvalue weighted by atomic mass is 16.3. The quantitative estimate of drug-likeness (QED) is 0.668. The van der Waals surface area contributed by atoms with Crippen LogP contribution in [0.1, 0.15) is 90.5 Å². The topological polar surface area (TPSA) is 61.8 Å². The molecule has 31 heavy (non-hydrogen) atoms. The summed E-state index contributed by atoms with van der Waals surface area (Å²) in [5, 5.41) is 24.3. The lowest BCUT2D eigenvalue weighted by Crippen LogP contribution is -2.48. The van der Waals surface area contributed by atoms with Gasteiger partial charge < -0.3 is 5.11 Å². The zero-order valence-electron chi connectivity index (χ0n) is 19.8. The Kier molecular flexibility index (Phi) is 5.48. The van der Waals surface area contributed by atoms with E-state index in [-0.39, 0.29) is 0 Å². The van der Waals surface area contributed by atoms with Crippen LogP contribution in [0.4, 0.5) is 0 Å². The van der Waals surface area contributed by atoms with Crippen LogP contribution in [0.3, 0.4) is 0 Å². The van der Waals surface area contributed by atoms with Gasteiger partial charge in [0.05, 0.1) is 17.4 Å². The smallest absolute Gasteiger partial charge is 0.102 e. The highest BCUT2D eigenvalue weighted by Gasteiger charge is 2.57. The molecule has 4 aliphatic rings. The lowest BCUT2D eigenvalue weighted by molar-refractivity contribution is -0.0695. The van der Waals surface area contributed by atoms with Gasteiger partial charge >= 0.3 is 0 Å². The van der Waals surface area contributed by atoms with Crippen molar-refractivity contribution < 1.29 is 5.11 Å². The Balaban J connectivity index is 1.31. The zero-order chi connectivity index (χ0) is 21.8. The average molecular weight is 424 g/mol. The predicted molar refractivity (Wildman–Crippen MR) is 122 cm³/mol. The molecule has 4 heteroatoms. The standard InChI is InChI=1S/C27H41N3O/c1-18(16-30-17-19(14-28)15-29-30)24-8-9-25-23-7-6-20-13-26(2,31)11-4-5-21(20)22(23)10-12-27(24,25)3/h15,17-18,20-25,31H,4-13,16H2,1-3H3/t18?,20-,21+,22-,23-,24-,25+,26-,27-/m1/s1. The van der Waals surface area contributed by atoms with Crippen molar-refractivity contribution in [3.8, 4) is 6.07 Å². The fourth-order valence-corrected chi connectivity index (χ4v) is 9.24. The molecular formula is C27H41N3O. The number of aromatic nitrogens is 2. The second-order valence-electron chi connectivity index (χ2n) is 12.3. The van der Waals surface area contributed by atoms with Crippen molar-refractivity contribution in [1.29, 1.82) is 5.26 Å². The fraction of sp³-hybridized carbons (Fsp3) is 0.852. The largest absolute Gasteiger partial charge is 0.390 e. The normalized spacial score (nSPS) is 45.6. The Morgan fingerprint density at radius 3 is 2.74 bits per heavy atom. The molecule has 0 radical (unpaired) electrons. The van der Waals surface area contributed by atoms with Gasteiger partial charge in [0.15, 0.2) is 0 Å². The molecule has 170 valence electrons. The van der Waals surface area contributed by atoms with Crippen molar-refractivity contribution in [2.45, 2.75) is 97.1 Å². The van der Waals surface area contributed by atoms with E-state index >= 15 is 0 Å². The Hall–Kier alpha value is -1.34. The SMILES string of the molecule is CC(Cn1cc(C#N)cn1)[C@H]1CC[C@H]2[C@@H]3CC[C@@H]4C[C@](C)(O)CCC[C@@H]4[C@H]3CC[C@]12C. The Morgan fingerprint density at radius 2 is 1.97 bits per heavy atom. The van der Waals surface area contributed by atoms with Crippen molar-refractivity contribution in [2.75, 3.05) is 0 Å². The van der Waals surface area contributed by atoms with Crippen LogP contribution in [-0.4, -0.2) is 20.5 Å². The van der Waals surface area contributed by atoms with Crippen LogP contribution in [0, 0.1) is 58.2 Å². The lowest BCUT2D eigenvalue weighted by Gasteiger charge is -2.55. The third kappa shape index (κ3) is 3.75. The molecule has 0 saturated heterocycles. The molecule has 4 aliphatic carbocycles. The molecule has 0 spiro atoms. The van der Waals surface area contributed by atoms with Crippen LogP contribution in [-0.2, 0) is 6.54 Å². The number of fused-ring (bicyclic) bond motifs is 5. The number of nitrogens with zero attached hydrogens (tertiary/aromatic N) is 3. The summed E-state index contributed by atoms with van der Waals surface area (Å²) in [6.07, 6.45) is 16.5. The van der Waals surface area contributed by atoms with Gasteiger partial charge in [-0.2, -0.15) is 10.4 Å². The van der Waals surface area contributed by atoms with Crippen molar-refractivity contribution in [3.05, 3.63) is 18.0 Å². The van der Waals surface area contributed by atoms with Gasteiger partial charge in [0.2, 0.25) is 0 Å². The maximum Gasteiger partial charge on any atom is 0.102 e. The Bertz CT molecular complexity index is 838. The van der Waals surface area contributed by atoms with Gasteiger partial charge in [-0.25, -0.2) is 0 Å². The van der Waals surface area contributed by atoms with Gasteiger partial charge in [0.1, 0.15) is 6.07 Å². The van der Waals surface area contributed by atoms with E-state index in [2.05, 4.69) is 31.9 Å². The van der Waals surface area contributed by atoms with Crippen LogP contribution in [0.25, 0.3) is 0 Å². The van der Waals surface area contributed by atoms with Crippen LogP contribution in [0.15, 0.2) is 12.4 Å². The van der Waals surface area contributed by atoms with E-state index in [0.29, 0.717) is 16.9 Å². The molecule has 0 bridgehead atoms. The summed E-state index contributed by atoms with van der Waals surface area (Å²) in [7, 11) is 0. The minimum absolute atomic E-state index is 0.429. The fourth-order valence-electron chi connectivity index (χ4n) is 9.24. The maximum atomic E-state index is 10.8. The van der Waals surface area contributed by atoms with Crippen molar-refractivity contribution in [3.63, 3.8) is 0 Å². The van der Waals surface area contributed by atoms with Gasteiger partial charge in [0, 0.05) is 12.7 Å². The van der Waals surface area contributed by atoms with Gasteiger partial charge in [0.25, 0.3) is 0 Å². The summed E-state index contributed by atoms with van der Waals surface area (Å²) >= 11 is 0. The summed E-state index contributed by atoms with van der Waals surface area (Å²) in [6.45, 7) is 8.06. The zero-order valence-corrected chi connectivity index (χ0v) is 19.8. The molecule has 9 atom stereocenters. The first kappa shape index (κ1) is 21.5. The number of hydrogen-bond donors (Lipinski definition) is 1. The Labute approximate surface area is 188 Å². The summed E-state index contributed by atoms with van der Waals surface area (Å²) in [6, 6.07) is 2.21. The van der Waals surface area contributed by atoms with Crippen LogP contribution < -0.4 is 0 Å². The average Bonchev–Trinajstić information content (AvgIpc) is 3.28. The van der Waals surface area contributed by atoms with Gasteiger partial charge in [-0.1, -0.05) is 20.3 Å². The molecule has 0 aromatic carbocycles. The first-order chi connectivity index (χ1) is 14.8. The van der Waals surface area contributed by atoms with E-state index in [1.54, 1.807) is 6.20 Å². The van der Waals surface area contributed by atoms with Crippen molar-refractivity contribution >= 4 is 0 Å². The molecule has 4 saturated carbocycles. The maximum absolute atomic E-state index is 10.8. The minimum atomic E-state index is -0.429. The lowest BCUT2D eigenvalue weighted by atomic mass is 9.50. The third-order valence-electron chi connectivity index (χ3n) is 10.5. The van der Waals surface area contributed by atoms with Crippen molar-refractivity contribution in [1.82, 2.24) is 9.78 Å². The van der Waals surface area contributed by atoms with Crippen LogP contribution in [0.5, 0.6) is 0 Å². The molecular weight excluding hydrogens is 382 g/mol. The van der Waals surface area contributed by atoms with Crippen LogP contribution >= 0.6 is 0 Å². The molecule has 5 rings (SSSR count). The molecule has 1 aromatic heterocycles. The van der Waals surface area contributed by atoms with Crippen molar-refractivity contribution in [2.24, 2.45) is 46.8 Å². The van der Waals surface area contributed by atoms with E-state index < -0.39 is 5.60 Å². The van der Waals surface area contributed by atoms with E-state index in [1.165, 1.54) is 51.4 Å². The molecule has 4 nitrogen and oxygen atoms in total. The highest BCUT2D eigenvalue weighted by Crippen LogP contribution is 2.65. The Morgan fingerprint density at radius 1 is 1.13 bits per heavy atom. The number of rotatable bonds is 3. The summed E-state index contributed by atoms with van der Waals surface area (Å²) < 4.78 is 1.99. The molecule has 1 heterocycles. The molecule has 1 N–H and O–H groups in total. The molecule has 0 amide bonds. The van der Waals surface area contributed by atoms with Gasteiger partial charge in [-0.05, 0) is 112 Å². The van der Waals surface area contributed by atoms with E-state index in [4.69, 9.17) is 5.26 Å². The van der Waals surface area contributed by atoms with E-state index in [0.717, 1.165) is 54.9 Å². The molecule has 4 fully saturated rings. The predicted octanol–water partition coefficient (Wildman–Crippen LogP) is 5.80. The van der Waals surface area contributed by atoms with Gasteiger partial charge in [-0.3, -0.25) is 4.68 Å². The monoisotopic (exact) mass is 423 g/mol. The van der Waals surface area contributed by atoms with Crippen LogP contribution in [0.2, 0.25) is 0 Å². The highest BCUT2D eigenvalue weighted by molar-refractivity contribution is 5.21. The summed E-state index contributed by atoms with van der Waals surface area (Å²) in [4.78, 5) is 0. The molecule has 1 aromatic rings. The number of hydrogen-bond acceptors (Lipinski definition) is 3. The first-order valence-electron chi connectivity index (χ1n) is 13.0. The van der Waals surface area contributed by atoms with E-state index in [9.17, 15) is 5.11 Å².